The van der Waals surface area contributed by atoms with Gasteiger partial charge in [-0.15, -0.1) is 0 Å². The molecule has 7 nitrogen and oxygen atoms in total. The molecule has 0 amide bonds. The van der Waals surface area contributed by atoms with Crippen molar-refractivity contribution in [1.82, 2.24) is 9.44 Å². The van der Waals surface area contributed by atoms with Crippen LogP contribution in [-0.4, -0.2) is 135 Å². The molecule has 2 N–H and O–H groups in total. The lowest BCUT2D eigenvalue weighted by molar-refractivity contribution is -0.458. The first-order valence-corrected chi connectivity index (χ1v) is 19.1. The van der Waals surface area contributed by atoms with Crippen LogP contribution in [0.15, 0.2) is 23.4 Å². The molecule has 0 aliphatic carbocycles. The third-order valence-electron chi connectivity index (χ3n) is 8.45. The maximum absolute atomic E-state index is 14.7. The fourth-order valence-corrected chi connectivity index (χ4v) is 6.09. The maximum atomic E-state index is 14.7. The van der Waals surface area contributed by atoms with Gasteiger partial charge in [0, 0.05) is 0 Å². The average molecular weight is 1340 g/mol. The molecule has 0 aromatic heterocycles. The van der Waals surface area contributed by atoms with Gasteiger partial charge < -0.3 is 4.74 Å². The second kappa shape index (κ2) is 19.1. The zero-order valence-electron chi connectivity index (χ0n) is 33.2. The van der Waals surface area contributed by atoms with Crippen LogP contribution < -0.4 is 9.44 Å². The van der Waals surface area contributed by atoms with Crippen molar-refractivity contribution < 1.29 is 224 Å². The van der Waals surface area contributed by atoms with E-state index in [1.807, 2.05) is 0 Å². The zero-order valence-corrected chi connectivity index (χ0v) is 34.9. The van der Waals surface area contributed by atoms with Gasteiger partial charge in [-0.05, 0) is 0 Å². The third kappa shape index (κ3) is 10.3. The van der Waals surface area contributed by atoms with Crippen LogP contribution in [0.4, 0.5) is 202 Å². The van der Waals surface area contributed by atoms with E-state index in [2.05, 4.69) is 0 Å². The summed E-state index contributed by atoms with van der Waals surface area (Å²) in [5.41, 5.74) is -11.8. The summed E-state index contributed by atoms with van der Waals surface area (Å²) in [5.74, 6) is -134. The number of hydrogen-bond donors (Lipinski definition) is 2. The summed E-state index contributed by atoms with van der Waals surface area (Å²) in [7, 11) is -20.1. The summed E-state index contributed by atoms with van der Waals surface area (Å²) in [6.07, 6.45) is -34.1. The summed E-state index contributed by atoms with van der Waals surface area (Å²) in [5, 5.41) is -19.1. The third-order valence-corrected chi connectivity index (χ3v) is 11.3. The van der Waals surface area contributed by atoms with Crippen LogP contribution in [-0.2, 0) is 24.8 Å². The first kappa shape index (κ1) is 74.6. The molecule has 0 saturated carbocycles. The lowest BCUT2D eigenvalue weighted by atomic mass is 9.91. The second-order valence-electron chi connectivity index (χ2n) is 13.7. The van der Waals surface area contributed by atoms with Crippen molar-refractivity contribution in [2.24, 2.45) is 0 Å². The van der Waals surface area contributed by atoms with Crippen molar-refractivity contribution in [3.63, 3.8) is 0 Å². The molecule has 472 valence electrons. The molecule has 0 spiro atoms. The highest BCUT2D eigenvalue weighted by Crippen LogP contribution is 2.67. The number of nitrogens with one attached hydrogen (secondary N) is 2. The van der Waals surface area contributed by atoms with Crippen molar-refractivity contribution in [2.45, 2.75) is 118 Å². The molecule has 0 rings (SSSR count). The number of sulfonamides is 2. The molecule has 0 radical (unpaired) electrons. The Morgan fingerprint density at radius 1 is 0.241 bits per heavy atom. The first-order valence-electron chi connectivity index (χ1n) is 16.1. The number of hydrogen-bond acceptors (Lipinski definition) is 5. The van der Waals surface area contributed by atoms with Gasteiger partial charge >= 0.3 is 150 Å². The van der Waals surface area contributed by atoms with Crippen LogP contribution in [0.5, 0.6) is 0 Å². The number of allylic oxidation sites excluding steroid dienone is 2. The number of alkyl halides is 44. The van der Waals surface area contributed by atoms with E-state index in [1.54, 1.807) is 4.74 Å². The van der Waals surface area contributed by atoms with Crippen LogP contribution in [0, 0.1) is 0 Å². The van der Waals surface area contributed by atoms with Gasteiger partial charge in [0.05, 0.1) is 0 Å². The van der Waals surface area contributed by atoms with Crippen molar-refractivity contribution in [3.05, 3.63) is 23.4 Å². The molecule has 0 aliphatic heterocycles. The van der Waals surface area contributed by atoms with E-state index >= 15 is 0 Å². The minimum Gasteiger partial charge on any atom is -0.401 e. The van der Waals surface area contributed by atoms with Gasteiger partial charge in [-0.25, -0.2) is 0 Å². The molecule has 0 atom stereocenters. The van der Waals surface area contributed by atoms with E-state index in [0.717, 1.165) is 0 Å². The first-order chi connectivity index (χ1) is 33.2. The molecule has 0 fully saturated rings. The monoisotopic (exact) mass is 1340 g/mol. The molecule has 0 bridgehead atoms. The van der Waals surface area contributed by atoms with Gasteiger partial charge in [0.15, 0.2) is 11.4 Å². The van der Waals surface area contributed by atoms with Gasteiger partial charge in [-0.1, -0.05) is 0 Å². The minimum atomic E-state index is -10.1. The van der Waals surface area contributed by atoms with E-state index < -0.39 is 171 Å². The normalized spacial score (nSPS) is 17.3. The Hall–Kier alpha value is -4.44. The summed E-state index contributed by atoms with van der Waals surface area (Å²) < 4.78 is 668. The van der Waals surface area contributed by atoms with Crippen molar-refractivity contribution in [3.8, 4) is 0 Å². The highest BCUT2D eigenvalue weighted by atomic mass is 32.2. The Labute approximate surface area is 395 Å². The fraction of sp³-hybridized carbons (Fsp3) is 0.833. The van der Waals surface area contributed by atoms with Gasteiger partial charge in [0.2, 0.25) is 0 Å². The molecule has 0 aromatic carbocycles. The summed E-state index contributed by atoms with van der Waals surface area (Å²) >= 11 is 0. The summed E-state index contributed by atoms with van der Waals surface area (Å²) in [6.45, 7) is 0. The zero-order chi connectivity index (χ0) is 65.4. The Balaban J connectivity index is 8.63. The van der Waals surface area contributed by atoms with Crippen LogP contribution in [0.3, 0.4) is 0 Å². The van der Waals surface area contributed by atoms with Gasteiger partial charge in [0.1, 0.15) is 0 Å². The topological polar surface area (TPSA) is 102 Å². The number of halogens is 46. The molecule has 0 saturated heterocycles. The molecule has 0 aromatic rings. The van der Waals surface area contributed by atoms with E-state index in [4.69, 9.17) is 0 Å². The van der Waals surface area contributed by atoms with Gasteiger partial charge in [-0.3, -0.25) is 9.44 Å². The lowest BCUT2D eigenvalue weighted by Crippen LogP contribution is -2.75. The standard InChI is InChI=1S/C24H2F46N2O5S2/c25-3(1(5(27,28)19(55,56)57)71-78(73,74)23(67,68)17(51,52)13(43,44)9(35,36)7(31,32)11(39,40)15(47,48)21(61,62)63)77-4(26)2(6(29,30)20(58,59)60)72-79(75,76)24(69,70)18(53,54)14(45,46)10(37,38)8(33,34)12(41,42)16(49,50)22(64,65)66/h71-72H. The smallest absolute Gasteiger partial charge is 0.401 e. The fourth-order valence-electron chi connectivity index (χ4n) is 3.95. The molecule has 55 heteroatoms. The SMILES string of the molecule is O=S(=O)(NC(=C(F)OC(F)=C(NS(=O)(=O)C(F)(F)C(F)(F)C(F)(F)C(F)(F)C(F)(F)C(F)(F)C(F)(F)C(F)(F)F)C(F)(F)C(F)(F)F)C(F)(F)C(F)(F)F)C(F)(F)C(F)(F)C(F)(F)C(F)(F)C(F)(F)C(F)(F)C(F)(F)C(F)(F)F. The van der Waals surface area contributed by atoms with E-state index in [1.165, 1.54) is 0 Å². The Morgan fingerprint density at radius 2 is 0.392 bits per heavy atom. The highest BCUT2D eigenvalue weighted by molar-refractivity contribution is 7.91. The second-order valence-corrected chi connectivity index (χ2v) is 17.1. The largest absolute Gasteiger partial charge is 0.460 e. The van der Waals surface area contributed by atoms with E-state index in [9.17, 15) is 219 Å². The van der Waals surface area contributed by atoms with Crippen LogP contribution in [0.25, 0.3) is 0 Å². The number of ether oxygens (including phenoxy) is 1. The van der Waals surface area contributed by atoms with Crippen molar-refractivity contribution >= 4 is 20.0 Å². The van der Waals surface area contributed by atoms with Gasteiger partial charge in [0.25, 0.3) is 0 Å². The highest BCUT2D eigenvalue weighted by Gasteiger charge is 2.98. The van der Waals surface area contributed by atoms with Crippen LogP contribution in [0.1, 0.15) is 0 Å². The number of rotatable bonds is 22. The van der Waals surface area contributed by atoms with E-state index in [-0.39, 0.29) is 0 Å². The minimum absolute atomic E-state index is 1.67. The molecule has 0 unspecified atom stereocenters. The van der Waals surface area contributed by atoms with Crippen LogP contribution >= 0.6 is 0 Å². The Kier molecular flexibility index (Phi) is 18.0. The Morgan fingerprint density at radius 3 is 0.544 bits per heavy atom. The van der Waals surface area contributed by atoms with Crippen LogP contribution in [0.2, 0.25) is 0 Å². The average Bonchev–Trinajstić information content (AvgIpc) is 3.18. The van der Waals surface area contributed by atoms with Gasteiger partial charge in [-0.2, -0.15) is 219 Å². The summed E-state index contributed by atoms with van der Waals surface area (Å²) in [6, 6.07) is -11.7. The molecular weight excluding hydrogens is 1330 g/mol. The predicted octanol–water partition coefficient (Wildman–Crippen LogP) is 13.4. The van der Waals surface area contributed by atoms with E-state index in [0.29, 0.717) is 0 Å². The molecule has 79 heavy (non-hydrogen) atoms. The quantitative estimate of drug-likeness (QED) is 0.0831. The van der Waals surface area contributed by atoms with Crippen molar-refractivity contribution in [2.75, 3.05) is 0 Å². The molecular formula is C24H2F46N2O5S2. The predicted molar refractivity (Wildman–Crippen MR) is 145 cm³/mol. The molecule has 0 heterocycles. The maximum Gasteiger partial charge on any atom is 0.460 e. The lowest BCUT2D eigenvalue weighted by Gasteiger charge is -2.42. The van der Waals surface area contributed by atoms with Crippen molar-refractivity contribution in [1.29, 1.82) is 0 Å². The Bertz CT molecular complexity index is 2380. The molecule has 0 aliphatic rings. The summed E-state index contributed by atoms with van der Waals surface area (Å²) in [4.78, 5) is 0.